The minimum Gasteiger partial charge on any atom is -0.497 e. The maximum atomic E-state index is 14.1. The van der Waals surface area contributed by atoms with Crippen molar-refractivity contribution in [1.82, 2.24) is 15.1 Å². The van der Waals surface area contributed by atoms with Gasteiger partial charge in [-0.15, -0.1) is 0 Å². The van der Waals surface area contributed by atoms with Crippen LogP contribution in [0.5, 0.6) is 5.75 Å². The van der Waals surface area contributed by atoms with E-state index in [0.717, 1.165) is 54.3 Å². The molecule has 0 aromatic heterocycles. The number of ether oxygens (including phenoxy) is 1. The van der Waals surface area contributed by atoms with Gasteiger partial charge in [0.2, 0.25) is 5.91 Å². The van der Waals surface area contributed by atoms with Crippen LogP contribution < -0.4 is 15.4 Å². The van der Waals surface area contributed by atoms with Crippen molar-refractivity contribution in [1.29, 1.82) is 0 Å². The van der Waals surface area contributed by atoms with E-state index >= 15 is 0 Å². The Kier molecular flexibility index (Phi) is 8.65. The summed E-state index contributed by atoms with van der Waals surface area (Å²) in [6.45, 7) is 3.68. The number of benzene rings is 3. The first kappa shape index (κ1) is 30.8. The molecule has 0 bridgehead atoms. The van der Waals surface area contributed by atoms with Gasteiger partial charge in [-0.05, 0) is 78.9 Å². The van der Waals surface area contributed by atoms with Gasteiger partial charge < -0.3 is 20.3 Å². The summed E-state index contributed by atoms with van der Waals surface area (Å²) in [5, 5.41) is 5.59. The predicted molar refractivity (Wildman–Crippen MR) is 166 cm³/mol. The van der Waals surface area contributed by atoms with Crippen LogP contribution in [0.15, 0.2) is 59.6 Å². The minimum atomic E-state index is -4.56. The first-order valence-corrected chi connectivity index (χ1v) is 15.1. The second-order valence-corrected chi connectivity index (χ2v) is 12.1. The summed E-state index contributed by atoms with van der Waals surface area (Å²) in [6.07, 6.45) is -2.23. The number of nitrogens with one attached hydrogen (secondary N) is 2. The quantitative estimate of drug-likeness (QED) is 0.367. The Labute approximate surface area is 260 Å². The van der Waals surface area contributed by atoms with Gasteiger partial charge in [0.15, 0.2) is 0 Å². The monoisotopic (exact) mass is 619 g/mol. The number of likely N-dealkylation sites (N-methyl/N-ethyl adjacent to an activating group) is 1. The number of nitrogens with zero attached hydrogens (tertiary/aromatic N) is 3. The number of rotatable bonds is 8. The summed E-state index contributed by atoms with van der Waals surface area (Å²) in [7, 11) is 3.50. The molecule has 3 aromatic rings. The zero-order chi connectivity index (χ0) is 31.7. The van der Waals surface area contributed by atoms with E-state index in [-0.39, 0.29) is 35.2 Å². The van der Waals surface area contributed by atoms with Gasteiger partial charge in [0.1, 0.15) is 11.6 Å². The number of anilines is 1. The Morgan fingerprint density at radius 1 is 0.956 bits per heavy atom. The molecule has 1 saturated heterocycles. The van der Waals surface area contributed by atoms with E-state index < -0.39 is 17.6 Å². The molecule has 3 aromatic carbocycles. The van der Waals surface area contributed by atoms with Crippen LogP contribution in [-0.2, 0) is 30.5 Å². The lowest BCUT2D eigenvalue weighted by molar-refractivity contribution is -0.138. The number of alkyl halides is 3. The van der Waals surface area contributed by atoms with Gasteiger partial charge in [-0.2, -0.15) is 13.2 Å². The Bertz CT molecular complexity index is 1640. The van der Waals surface area contributed by atoms with Crippen molar-refractivity contribution in [3.63, 3.8) is 0 Å². The van der Waals surface area contributed by atoms with E-state index in [1.807, 2.05) is 36.2 Å². The zero-order valence-corrected chi connectivity index (χ0v) is 25.3. The van der Waals surface area contributed by atoms with E-state index in [9.17, 15) is 22.8 Å². The molecule has 2 N–H and O–H groups in total. The fourth-order valence-corrected chi connectivity index (χ4v) is 5.79. The number of hydrogen-bond donors (Lipinski definition) is 2. The number of aliphatic imine (C=N–C) groups is 1. The third-order valence-corrected chi connectivity index (χ3v) is 8.56. The Balaban J connectivity index is 1.16. The molecule has 236 valence electrons. The number of fused-ring (bicyclic) bond motifs is 1. The van der Waals surface area contributed by atoms with Crippen LogP contribution in [0.3, 0.4) is 0 Å². The van der Waals surface area contributed by atoms with Crippen molar-refractivity contribution >= 4 is 23.3 Å². The number of piperazine rings is 1. The van der Waals surface area contributed by atoms with Crippen molar-refractivity contribution in [3.8, 4) is 5.75 Å². The van der Waals surface area contributed by atoms with Crippen molar-refractivity contribution in [2.24, 2.45) is 10.9 Å². The molecule has 1 aliphatic carbocycles. The first-order chi connectivity index (χ1) is 21.6. The van der Waals surface area contributed by atoms with Crippen LogP contribution in [0, 0.1) is 5.92 Å². The molecule has 6 rings (SSSR count). The molecule has 45 heavy (non-hydrogen) atoms. The highest BCUT2D eigenvalue weighted by Crippen LogP contribution is 2.35. The number of carbonyl (C=O) groups excluding carboxylic acids is 2. The highest BCUT2D eigenvalue weighted by molar-refractivity contribution is 6.10. The van der Waals surface area contributed by atoms with Crippen LogP contribution in [0.2, 0.25) is 0 Å². The number of hydrogen-bond acceptors (Lipinski definition) is 6. The van der Waals surface area contributed by atoms with Crippen molar-refractivity contribution in [2.75, 3.05) is 45.7 Å². The van der Waals surface area contributed by atoms with Gasteiger partial charge in [-0.1, -0.05) is 24.3 Å². The molecule has 0 radical (unpaired) electrons. The Morgan fingerprint density at radius 3 is 2.44 bits per heavy atom. The topological polar surface area (TPSA) is 86.3 Å². The molecular formula is C34H36F3N5O3. The third kappa shape index (κ3) is 7.37. The van der Waals surface area contributed by atoms with Crippen LogP contribution >= 0.6 is 0 Å². The van der Waals surface area contributed by atoms with Crippen LogP contribution in [0.25, 0.3) is 0 Å². The lowest BCUT2D eigenvalue weighted by atomic mass is 9.98. The van der Waals surface area contributed by atoms with E-state index in [2.05, 4.69) is 20.5 Å². The van der Waals surface area contributed by atoms with Gasteiger partial charge in [0.25, 0.3) is 5.91 Å². The number of halogens is 3. The molecule has 2 heterocycles. The molecule has 2 aliphatic heterocycles. The summed E-state index contributed by atoms with van der Waals surface area (Å²) < 4.78 is 47.7. The minimum absolute atomic E-state index is 0.0177. The van der Waals surface area contributed by atoms with Crippen LogP contribution in [-0.4, -0.2) is 67.8 Å². The normalized spacial score (nSPS) is 17.0. The Morgan fingerprint density at radius 2 is 1.73 bits per heavy atom. The third-order valence-electron chi connectivity index (χ3n) is 8.56. The zero-order valence-electron chi connectivity index (χ0n) is 25.3. The highest BCUT2D eigenvalue weighted by Gasteiger charge is 2.34. The molecule has 8 nitrogen and oxygen atoms in total. The molecule has 2 fully saturated rings. The second kappa shape index (κ2) is 12.6. The second-order valence-electron chi connectivity index (χ2n) is 12.1. The highest BCUT2D eigenvalue weighted by atomic mass is 19.4. The molecular weight excluding hydrogens is 583 g/mol. The SMILES string of the molecule is COc1cc(Cc2ccc3c(c2)CN=C3NC(=O)C2CC2)cc(C(=O)Nc2ccc(CN3CCN(C)CC3)c(C(F)(F)F)c2)c1. The van der Waals surface area contributed by atoms with Gasteiger partial charge in [0.05, 0.1) is 19.2 Å². The lowest BCUT2D eigenvalue weighted by Crippen LogP contribution is -2.44. The standard InChI is InChI=1S/C34H36F3N5O3/c1-41-9-11-42(12-10-41)20-24-6-7-27(18-30(24)34(35,36)37)39-33(44)25-15-22(16-28(17-25)45-2)13-21-3-8-29-26(14-21)19-38-31(29)40-32(43)23-4-5-23/h3,6-8,14-18,23H,4-5,9-13,19-20H2,1-2H3,(H,39,44)(H,38,40,43). The van der Waals surface area contributed by atoms with Gasteiger partial charge in [-0.3, -0.25) is 19.5 Å². The maximum absolute atomic E-state index is 14.1. The Hall–Kier alpha value is -4.22. The van der Waals surface area contributed by atoms with Crippen molar-refractivity contribution < 1.29 is 27.5 Å². The van der Waals surface area contributed by atoms with Crippen molar-refractivity contribution in [2.45, 2.75) is 38.5 Å². The first-order valence-electron chi connectivity index (χ1n) is 15.1. The van der Waals surface area contributed by atoms with Gasteiger partial charge >= 0.3 is 6.18 Å². The molecule has 0 atom stereocenters. The molecule has 2 amide bonds. The maximum Gasteiger partial charge on any atom is 0.416 e. The average Bonchev–Trinajstić information content (AvgIpc) is 3.80. The molecule has 11 heteroatoms. The molecule has 3 aliphatic rings. The van der Waals surface area contributed by atoms with E-state index in [1.165, 1.54) is 19.2 Å². The summed E-state index contributed by atoms with van der Waals surface area (Å²) in [5.41, 5.74) is 3.49. The van der Waals surface area contributed by atoms with E-state index in [1.54, 1.807) is 12.1 Å². The summed E-state index contributed by atoms with van der Waals surface area (Å²) in [5.74, 6) is 0.645. The summed E-state index contributed by atoms with van der Waals surface area (Å²) in [6, 6.07) is 15.0. The molecule has 0 unspecified atom stereocenters. The van der Waals surface area contributed by atoms with Gasteiger partial charge in [0, 0.05) is 55.5 Å². The van der Waals surface area contributed by atoms with Crippen LogP contribution in [0.4, 0.5) is 18.9 Å². The fraction of sp³-hybridized carbons (Fsp3) is 0.382. The van der Waals surface area contributed by atoms with Crippen molar-refractivity contribution in [3.05, 3.63) is 93.5 Å². The number of methoxy groups -OCH3 is 1. The summed E-state index contributed by atoms with van der Waals surface area (Å²) in [4.78, 5) is 34.2. The molecule has 0 spiro atoms. The lowest BCUT2D eigenvalue weighted by Gasteiger charge is -2.33. The van der Waals surface area contributed by atoms with E-state index in [0.29, 0.717) is 37.6 Å². The number of amides is 2. The largest absolute Gasteiger partial charge is 0.497 e. The fourth-order valence-electron chi connectivity index (χ4n) is 5.79. The van der Waals surface area contributed by atoms with Crippen LogP contribution in [0.1, 0.15) is 56.6 Å². The molecule has 1 saturated carbocycles. The number of amidine groups is 1. The summed E-state index contributed by atoms with van der Waals surface area (Å²) >= 11 is 0. The predicted octanol–water partition coefficient (Wildman–Crippen LogP) is 5.09. The average molecular weight is 620 g/mol. The number of carbonyl (C=O) groups is 2. The smallest absolute Gasteiger partial charge is 0.416 e. The van der Waals surface area contributed by atoms with Gasteiger partial charge in [-0.25, -0.2) is 0 Å². The van der Waals surface area contributed by atoms with E-state index in [4.69, 9.17) is 4.74 Å².